The molecule has 4 nitrogen and oxygen atoms in total. The van der Waals surface area contributed by atoms with Gasteiger partial charge in [0, 0.05) is 29.6 Å². The van der Waals surface area contributed by atoms with Crippen LogP contribution in [0.4, 0.5) is 0 Å². The number of carbonyl (C=O) groups is 1. The van der Waals surface area contributed by atoms with Gasteiger partial charge >= 0.3 is 0 Å². The Morgan fingerprint density at radius 2 is 2.26 bits per heavy atom. The van der Waals surface area contributed by atoms with E-state index in [-0.39, 0.29) is 5.91 Å². The second-order valence-electron chi connectivity index (χ2n) is 4.17. The molecule has 0 radical (unpaired) electrons. The van der Waals surface area contributed by atoms with Crippen LogP contribution in [0, 0.1) is 0 Å². The zero-order chi connectivity index (χ0) is 13.7. The first-order valence-electron chi connectivity index (χ1n) is 6.23. The summed E-state index contributed by atoms with van der Waals surface area (Å²) in [4.78, 5) is 12.0. The largest absolute Gasteiger partial charge is 0.370 e. The van der Waals surface area contributed by atoms with Crippen molar-refractivity contribution in [2.24, 2.45) is 5.73 Å². The Bertz CT molecular complexity index is 565. The molecular weight excluding hydrogens is 258 g/mol. The van der Waals surface area contributed by atoms with Crippen molar-refractivity contribution in [3.8, 4) is 11.1 Å². The van der Waals surface area contributed by atoms with Crippen LogP contribution in [0.5, 0.6) is 0 Å². The van der Waals surface area contributed by atoms with Crippen LogP contribution in [0.25, 0.3) is 11.1 Å². The van der Waals surface area contributed by atoms with Crippen molar-refractivity contribution in [2.45, 2.75) is 24.8 Å². The molecule has 2 rings (SSSR count). The van der Waals surface area contributed by atoms with Crippen molar-refractivity contribution >= 4 is 17.7 Å². The summed E-state index contributed by atoms with van der Waals surface area (Å²) >= 11 is 1.82. The normalized spacial score (nSPS) is 10.6. The molecule has 2 N–H and O–H groups in total. The number of nitrogens with zero attached hydrogens (tertiary/aromatic N) is 2. The molecule has 0 aliphatic heterocycles. The molecular formula is C14H17N3OS. The van der Waals surface area contributed by atoms with Gasteiger partial charge in [-0.25, -0.2) is 0 Å². The van der Waals surface area contributed by atoms with Crippen LogP contribution in [0.1, 0.15) is 13.3 Å². The molecule has 0 spiro atoms. The molecule has 19 heavy (non-hydrogen) atoms. The molecule has 0 aliphatic carbocycles. The van der Waals surface area contributed by atoms with Crippen molar-refractivity contribution in [2.75, 3.05) is 5.75 Å². The molecule has 1 heterocycles. The molecule has 5 heteroatoms. The minimum Gasteiger partial charge on any atom is -0.370 e. The molecule has 1 amide bonds. The Morgan fingerprint density at radius 3 is 3.00 bits per heavy atom. The SMILES string of the molecule is CCSc1cccc(-c2cnn(CCC(N)=O)c2)c1. The highest BCUT2D eigenvalue weighted by Gasteiger charge is 2.04. The van der Waals surface area contributed by atoms with Gasteiger partial charge in [-0.1, -0.05) is 19.1 Å². The molecule has 0 atom stereocenters. The van der Waals surface area contributed by atoms with Gasteiger partial charge in [0.25, 0.3) is 0 Å². The Balaban J connectivity index is 2.13. The molecule has 0 bridgehead atoms. The van der Waals surface area contributed by atoms with Crippen LogP contribution >= 0.6 is 11.8 Å². The lowest BCUT2D eigenvalue weighted by atomic mass is 10.1. The Labute approximate surface area is 117 Å². The summed E-state index contributed by atoms with van der Waals surface area (Å²) in [5.74, 6) is 0.750. The molecule has 0 saturated carbocycles. The van der Waals surface area contributed by atoms with Gasteiger partial charge in [-0.2, -0.15) is 5.10 Å². The Hall–Kier alpha value is -1.75. The Morgan fingerprint density at radius 1 is 1.42 bits per heavy atom. The molecule has 1 aromatic carbocycles. The maximum atomic E-state index is 10.7. The minimum atomic E-state index is -0.307. The minimum absolute atomic E-state index is 0.307. The van der Waals surface area contributed by atoms with E-state index in [0.29, 0.717) is 13.0 Å². The van der Waals surface area contributed by atoms with Crippen molar-refractivity contribution in [3.05, 3.63) is 36.7 Å². The summed E-state index contributed by atoms with van der Waals surface area (Å²) in [5.41, 5.74) is 7.33. The number of thioether (sulfide) groups is 1. The van der Waals surface area contributed by atoms with E-state index in [0.717, 1.165) is 16.9 Å². The maximum Gasteiger partial charge on any atom is 0.219 e. The molecule has 0 unspecified atom stereocenters. The van der Waals surface area contributed by atoms with Crippen molar-refractivity contribution in [3.63, 3.8) is 0 Å². The van der Waals surface area contributed by atoms with Crippen molar-refractivity contribution < 1.29 is 4.79 Å². The predicted molar refractivity (Wildman–Crippen MR) is 77.9 cm³/mol. The van der Waals surface area contributed by atoms with Crippen LogP contribution in [0.3, 0.4) is 0 Å². The lowest BCUT2D eigenvalue weighted by molar-refractivity contribution is -0.118. The number of amides is 1. The standard InChI is InChI=1S/C14H17N3OS/c1-2-19-13-5-3-4-11(8-13)12-9-16-17(10-12)7-6-14(15)18/h3-5,8-10H,2,6-7H2,1H3,(H2,15,18). The van der Waals surface area contributed by atoms with Gasteiger partial charge in [0.15, 0.2) is 0 Å². The first-order chi connectivity index (χ1) is 9.19. The average Bonchev–Trinajstić information content (AvgIpc) is 2.86. The second-order valence-corrected chi connectivity index (χ2v) is 5.51. The van der Waals surface area contributed by atoms with Crippen LogP contribution < -0.4 is 5.73 Å². The van der Waals surface area contributed by atoms with Crippen LogP contribution in [0.2, 0.25) is 0 Å². The molecule has 2 aromatic rings. The third-order valence-electron chi connectivity index (χ3n) is 2.70. The lowest BCUT2D eigenvalue weighted by Crippen LogP contribution is -2.13. The predicted octanol–water partition coefficient (Wildman–Crippen LogP) is 2.54. The third-order valence-corrected chi connectivity index (χ3v) is 3.57. The zero-order valence-electron chi connectivity index (χ0n) is 10.9. The van der Waals surface area contributed by atoms with Gasteiger partial charge in [-0.15, -0.1) is 11.8 Å². The van der Waals surface area contributed by atoms with E-state index in [1.54, 1.807) is 4.68 Å². The fraction of sp³-hybridized carbons (Fsp3) is 0.286. The number of nitrogens with two attached hydrogens (primary N) is 1. The second kappa shape index (κ2) is 6.43. The molecule has 0 fully saturated rings. The average molecular weight is 275 g/mol. The van der Waals surface area contributed by atoms with Crippen LogP contribution in [-0.4, -0.2) is 21.4 Å². The first-order valence-corrected chi connectivity index (χ1v) is 7.21. The van der Waals surface area contributed by atoms with Gasteiger partial charge in [0.1, 0.15) is 0 Å². The fourth-order valence-corrected chi connectivity index (χ4v) is 2.51. The highest BCUT2D eigenvalue weighted by molar-refractivity contribution is 7.99. The molecule has 0 aliphatic rings. The number of carbonyl (C=O) groups excluding carboxylic acids is 1. The van der Waals surface area contributed by atoms with E-state index >= 15 is 0 Å². The molecule has 100 valence electrons. The zero-order valence-corrected chi connectivity index (χ0v) is 11.7. The quantitative estimate of drug-likeness (QED) is 0.824. The molecule has 1 aromatic heterocycles. The summed E-state index contributed by atoms with van der Waals surface area (Å²) in [6, 6.07) is 8.38. The van der Waals surface area contributed by atoms with Gasteiger partial charge in [-0.3, -0.25) is 9.48 Å². The fourth-order valence-electron chi connectivity index (χ4n) is 1.79. The van der Waals surface area contributed by atoms with Gasteiger partial charge < -0.3 is 5.73 Å². The van der Waals surface area contributed by atoms with Crippen molar-refractivity contribution in [1.82, 2.24) is 9.78 Å². The topological polar surface area (TPSA) is 60.9 Å². The van der Waals surface area contributed by atoms with E-state index in [1.807, 2.05) is 30.2 Å². The monoisotopic (exact) mass is 275 g/mol. The first kappa shape index (κ1) is 13.7. The number of aromatic nitrogens is 2. The number of benzene rings is 1. The van der Waals surface area contributed by atoms with Gasteiger partial charge in [0.05, 0.1) is 6.20 Å². The smallest absolute Gasteiger partial charge is 0.219 e. The number of hydrogen-bond donors (Lipinski definition) is 1. The van der Waals surface area contributed by atoms with E-state index in [2.05, 4.69) is 30.2 Å². The summed E-state index contributed by atoms with van der Waals surface area (Å²) < 4.78 is 1.75. The van der Waals surface area contributed by atoms with E-state index in [1.165, 1.54) is 4.90 Å². The maximum absolute atomic E-state index is 10.7. The van der Waals surface area contributed by atoms with Gasteiger partial charge in [0.2, 0.25) is 5.91 Å². The highest BCUT2D eigenvalue weighted by atomic mass is 32.2. The number of primary amides is 1. The lowest BCUT2D eigenvalue weighted by Gasteiger charge is -2.02. The van der Waals surface area contributed by atoms with Crippen LogP contribution in [-0.2, 0) is 11.3 Å². The molecule has 0 saturated heterocycles. The summed E-state index contributed by atoms with van der Waals surface area (Å²) in [7, 11) is 0. The number of hydrogen-bond acceptors (Lipinski definition) is 3. The summed E-state index contributed by atoms with van der Waals surface area (Å²) in [6.45, 7) is 2.66. The number of rotatable bonds is 6. The van der Waals surface area contributed by atoms with Crippen molar-refractivity contribution in [1.29, 1.82) is 0 Å². The third kappa shape index (κ3) is 3.86. The van der Waals surface area contributed by atoms with E-state index in [4.69, 9.17) is 5.73 Å². The van der Waals surface area contributed by atoms with E-state index in [9.17, 15) is 4.79 Å². The summed E-state index contributed by atoms with van der Waals surface area (Å²) in [5, 5.41) is 4.24. The number of aryl methyl sites for hydroxylation is 1. The van der Waals surface area contributed by atoms with Gasteiger partial charge in [-0.05, 0) is 23.4 Å². The van der Waals surface area contributed by atoms with Crippen LogP contribution in [0.15, 0.2) is 41.6 Å². The summed E-state index contributed by atoms with van der Waals surface area (Å²) in [6.07, 6.45) is 4.07. The van der Waals surface area contributed by atoms with E-state index < -0.39 is 0 Å². The highest BCUT2D eigenvalue weighted by Crippen LogP contribution is 2.25. The Kier molecular flexibility index (Phi) is 4.63.